The third-order valence-electron chi connectivity index (χ3n) is 3.52. The Bertz CT molecular complexity index is 812. The summed E-state index contributed by atoms with van der Waals surface area (Å²) in [5.74, 6) is 0.240. The summed E-state index contributed by atoms with van der Waals surface area (Å²) in [5.41, 5.74) is 2.94. The molecule has 0 aliphatic rings. The molecule has 6 heteroatoms. The summed E-state index contributed by atoms with van der Waals surface area (Å²) in [4.78, 5) is 16.4. The van der Waals surface area contributed by atoms with Gasteiger partial charge in [0.15, 0.2) is 0 Å². The molecule has 25 heavy (non-hydrogen) atoms. The lowest BCUT2D eigenvalue weighted by Gasteiger charge is -2.05. The lowest BCUT2D eigenvalue weighted by molar-refractivity contribution is -0.118. The average Bonchev–Trinajstić information content (AvgIpc) is 2.68. The van der Waals surface area contributed by atoms with Crippen LogP contribution in [0.2, 0.25) is 0 Å². The zero-order valence-electron chi connectivity index (χ0n) is 13.6. The van der Waals surface area contributed by atoms with Gasteiger partial charge in [-0.05, 0) is 12.0 Å². The molecule has 126 valence electrons. The van der Waals surface area contributed by atoms with Gasteiger partial charge >= 0.3 is 0 Å². The summed E-state index contributed by atoms with van der Waals surface area (Å²) >= 11 is 1.29. The van der Waals surface area contributed by atoms with Crippen LogP contribution in [0.25, 0.3) is 11.3 Å². The van der Waals surface area contributed by atoms with Crippen molar-refractivity contribution in [1.29, 1.82) is 0 Å². The van der Waals surface area contributed by atoms with Crippen LogP contribution in [0, 0.1) is 0 Å². The van der Waals surface area contributed by atoms with Gasteiger partial charge in [-0.1, -0.05) is 72.4 Å². The first-order chi connectivity index (χ1) is 12.3. The van der Waals surface area contributed by atoms with Gasteiger partial charge in [-0.2, -0.15) is 5.10 Å². The van der Waals surface area contributed by atoms with Gasteiger partial charge in [0, 0.05) is 12.1 Å². The number of carbonyl (C=O) groups excluding carboxylic acids is 1. The molecule has 0 fully saturated rings. The number of carbonyl (C=O) groups is 1. The standard InChI is InChI=1S/C19H18N4OS/c24-18(20-12-11-15-7-3-1-4-8-15)14-25-19-22-17(13-21-23-19)16-9-5-2-6-10-16/h1-10,13H,11-12,14H2,(H,20,24). The lowest BCUT2D eigenvalue weighted by atomic mass is 10.1. The first kappa shape index (κ1) is 17.1. The molecule has 0 bridgehead atoms. The summed E-state index contributed by atoms with van der Waals surface area (Å²) < 4.78 is 0. The van der Waals surface area contributed by atoms with Gasteiger partial charge in [0.05, 0.1) is 17.6 Å². The Morgan fingerprint density at radius 2 is 1.72 bits per heavy atom. The van der Waals surface area contributed by atoms with Crippen molar-refractivity contribution in [2.45, 2.75) is 11.6 Å². The largest absolute Gasteiger partial charge is 0.355 e. The Kier molecular flexibility index (Phi) is 6.11. The maximum absolute atomic E-state index is 12.0. The summed E-state index contributed by atoms with van der Waals surface area (Å²) in [6.07, 6.45) is 2.44. The zero-order valence-corrected chi connectivity index (χ0v) is 14.4. The van der Waals surface area contributed by atoms with Crippen molar-refractivity contribution in [3.63, 3.8) is 0 Å². The molecule has 1 N–H and O–H groups in total. The van der Waals surface area contributed by atoms with Crippen LogP contribution in [0.4, 0.5) is 0 Å². The molecule has 0 spiro atoms. The zero-order chi connectivity index (χ0) is 17.3. The van der Waals surface area contributed by atoms with E-state index < -0.39 is 0 Å². The molecule has 0 radical (unpaired) electrons. The third kappa shape index (κ3) is 5.39. The molecule has 0 saturated heterocycles. The van der Waals surface area contributed by atoms with Gasteiger partial charge in [-0.15, -0.1) is 5.10 Å². The normalized spacial score (nSPS) is 10.4. The fourth-order valence-corrected chi connectivity index (χ4v) is 2.90. The van der Waals surface area contributed by atoms with Gasteiger partial charge in [0.1, 0.15) is 0 Å². The van der Waals surface area contributed by atoms with E-state index in [1.807, 2.05) is 48.5 Å². The van der Waals surface area contributed by atoms with Crippen molar-refractivity contribution >= 4 is 17.7 Å². The predicted molar refractivity (Wildman–Crippen MR) is 99.1 cm³/mol. The predicted octanol–water partition coefficient (Wildman–Crippen LogP) is 2.99. The topological polar surface area (TPSA) is 67.8 Å². The lowest BCUT2D eigenvalue weighted by Crippen LogP contribution is -2.27. The molecule has 0 aliphatic carbocycles. The second-order valence-corrected chi connectivity index (χ2v) is 6.31. The fourth-order valence-electron chi connectivity index (χ4n) is 2.27. The maximum Gasteiger partial charge on any atom is 0.230 e. The number of aromatic nitrogens is 3. The van der Waals surface area contributed by atoms with Crippen molar-refractivity contribution in [3.05, 3.63) is 72.4 Å². The Morgan fingerprint density at radius 1 is 1.00 bits per heavy atom. The van der Waals surface area contributed by atoms with Crippen LogP contribution in [-0.2, 0) is 11.2 Å². The summed E-state index contributed by atoms with van der Waals surface area (Å²) in [5, 5.41) is 11.4. The first-order valence-electron chi connectivity index (χ1n) is 8.00. The highest BCUT2D eigenvalue weighted by atomic mass is 32.2. The molecule has 1 amide bonds. The van der Waals surface area contributed by atoms with Gasteiger partial charge in [-0.3, -0.25) is 4.79 Å². The molecule has 0 aliphatic heterocycles. The molecule has 1 heterocycles. The maximum atomic E-state index is 12.0. The van der Waals surface area contributed by atoms with E-state index in [-0.39, 0.29) is 11.7 Å². The number of amides is 1. The molecule has 0 unspecified atom stereocenters. The summed E-state index contributed by atoms with van der Waals surface area (Å²) in [6.45, 7) is 0.618. The third-order valence-corrected chi connectivity index (χ3v) is 4.36. The first-order valence-corrected chi connectivity index (χ1v) is 8.98. The molecular formula is C19H18N4OS. The average molecular weight is 350 g/mol. The van der Waals surface area contributed by atoms with Crippen LogP contribution in [0.15, 0.2) is 72.0 Å². The van der Waals surface area contributed by atoms with Crippen LogP contribution in [-0.4, -0.2) is 33.4 Å². The molecule has 1 aromatic heterocycles. The number of benzene rings is 2. The minimum atomic E-state index is -0.0327. The minimum Gasteiger partial charge on any atom is -0.355 e. The van der Waals surface area contributed by atoms with Crippen molar-refractivity contribution in [2.75, 3.05) is 12.3 Å². The van der Waals surface area contributed by atoms with Crippen LogP contribution in [0.3, 0.4) is 0 Å². The Labute approximate surface area is 150 Å². The molecule has 5 nitrogen and oxygen atoms in total. The van der Waals surface area contributed by atoms with Crippen molar-refractivity contribution in [3.8, 4) is 11.3 Å². The van der Waals surface area contributed by atoms with E-state index >= 15 is 0 Å². The smallest absolute Gasteiger partial charge is 0.230 e. The molecule has 3 aromatic rings. The number of hydrogen-bond acceptors (Lipinski definition) is 5. The van der Waals surface area contributed by atoms with E-state index in [4.69, 9.17) is 0 Å². The number of rotatable bonds is 7. The van der Waals surface area contributed by atoms with E-state index in [1.54, 1.807) is 6.20 Å². The number of nitrogens with one attached hydrogen (secondary N) is 1. The van der Waals surface area contributed by atoms with Gasteiger partial charge in [-0.25, -0.2) is 4.98 Å². The van der Waals surface area contributed by atoms with Gasteiger partial charge < -0.3 is 5.32 Å². The van der Waals surface area contributed by atoms with Gasteiger partial charge in [0.2, 0.25) is 11.1 Å². The number of nitrogens with zero attached hydrogens (tertiary/aromatic N) is 3. The van der Waals surface area contributed by atoms with Crippen molar-refractivity contribution in [2.24, 2.45) is 0 Å². The van der Waals surface area contributed by atoms with Crippen molar-refractivity contribution < 1.29 is 4.79 Å². The van der Waals surface area contributed by atoms with Crippen LogP contribution in [0.1, 0.15) is 5.56 Å². The van der Waals surface area contributed by atoms with Crippen LogP contribution < -0.4 is 5.32 Å². The highest BCUT2D eigenvalue weighted by molar-refractivity contribution is 7.99. The van der Waals surface area contributed by atoms with E-state index in [9.17, 15) is 4.79 Å². The highest BCUT2D eigenvalue weighted by Gasteiger charge is 2.07. The van der Waals surface area contributed by atoms with Gasteiger partial charge in [0.25, 0.3) is 0 Å². The minimum absolute atomic E-state index is 0.0327. The molecule has 0 atom stereocenters. The quantitative estimate of drug-likeness (QED) is 0.664. The number of thioether (sulfide) groups is 1. The summed E-state index contributed by atoms with van der Waals surface area (Å²) in [6, 6.07) is 19.9. The number of hydrogen-bond donors (Lipinski definition) is 1. The second-order valence-electron chi connectivity index (χ2n) is 5.36. The Hall–Kier alpha value is -2.73. The van der Waals surface area contributed by atoms with Crippen molar-refractivity contribution in [1.82, 2.24) is 20.5 Å². The molecule has 2 aromatic carbocycles. The fraction of sp³-hybridized carbons (Fsp3) is 0.158. The SMILES string of the molecule is O=C(CSc1nncc(-c2ccccc2)n1)NCCc1ccccc1. The Morgan fingerprint density at radius 3 is 2.48 bits per heavy atom. The van der Waals surface area contributed by atoms with E-state index in [1.165, 1.54) is 17.3 Å². The second kappa shape index (κ2) is 8.94. The van der Waals surface area contributed by atoms with Crippen LogP contribution >= 0.6 is 11.8 Å². The Balaban J connectivity index is 1.47. The molecule has 0 saturated carbocycles. The highest BCUT2D eigenvalue weighted by Crippen LogP contribution is 2.18. The monoisotopic (exact) mass is 350 g/mol. The molecule has 3 rings (SSSR count). The molecular weight excluding hydrogens is 332 g/mol. The van der Waals surface area contributed by atoms with Crippen LogP contribution in [0.5, 0.6) is 0 Å². The summed E-state index contributed by atoms with van der Waals surface area (Å²) in [7, 11) is 0. The van der Waals surface area contributed by atoms with E-state index in [0.29, 0.717) is 11.7 Å². The van der Waals surface area contributed by atoms with E-state index in [2.05, 4.69) is 32.6 Å². The van der Waals surface area contributed by atoms with E-state index in [0.717, 1.165) is 17.7 Å².